The van der Waals surface area contributed by atoms with E-state index in [9.17, 15) is 20.4 Å². The second-order valence-electron chi connectivity index (χ2n) is 6.10. The maximum Gasteiger partial charge on any atom is 0.109 e. The van der Waals surface area contributed by atoms with Crippen molar-refractivity contribution < 1.29 is 20.4 Å². The Bertz CT molecular complexity index is 974. The molecular weight excluding hydrogens is 304 g/mol. The van der Waals surface area contributed by atoms with Gasteiger partial charge in [0, 0.05) is 0 Å². The molecule has 1 aliphatic rings. The van der Waals surface area contributed by atoms with Gasteiger partial charge in [0.15, 0.2) is 0 Å². The maximum atomic E-state index is 10.5. The molecule has 4 N–H and O–H groups in total. The van der Waals surface area contributed by atoms with E-state index < -0.39 is 12.2 Å². The molecule has 0 fully saturated rings. The lowest BCUT2D eigenvalue weighted by molar-refractivity contribution is 0.0456. The van der Waals surface area contributed by atoms with Crippen molar-refractivity contribution in [3.05, 3.63) is 64.7 Å². The van der Waals surface area contributed by atoms with E-state index >= 15 is 0 Å². The first-order chi connectivity index (χ1) is 11.7. The molecule has 0 amide bonds. The van der Waals surface area contributed by atoms with Crippen molar-refractivity contribution in [2.24, 2.45) is 0 Å². The normalized spacial score (nSPS) is 19.8. The minimum atomic E-state index is -1.12. The number of aliphatic hydroxyl groups excluding tert-OH is 4. The highest BCUT2D eigenvalue weighted by molar-refractivity contribution is 6.11. The molecule has 2 atom stereocenters. The van der Waals surface area contributed by atoms with Crippen molar-refractivity contribution in [1.82, 2.24) is 0 Å². The van der Waals surface area contributed by atoms with E-state index in [1.165, 1.54) is 6.08 Å². The number of fused-ring (bicyclic) bond motifs is 4. The van der Waals surface area contributed by atoms with Crippen LogP contribution in [0.2, 0.25) is 0 Å². The van der Waals surface area contributed by atoms with Gasteiger partial charge in [0.05, 0.1) is 13.2 Å². The summed E-state index contributed by atoms with van der Waals surface area (Å²) >= 11 is 0. The second kappa shape index (κ2) is 5.69. The van der Waals surface area contributed by atoms with Gasteiger partial charge in [-0.15, -0.1) is 0 Å². The fourth-order valence-electron chi connectivity index (χ4n) is 3.79. The quantitative estimate of drug-likeness (QED) is 0.546. The highest BCUT2D eigenvalue weighted by Gasteiger charge is 2.29. The zero-order valence-corrected chi connectivity index (χ0v) is 13.0. The highest BCUT2D eigenvalue weighted by atomic mass is 16.3. The van der Waals surface area contributed by atoms with E-state index in [-0.39, 0.29) is 13.2 Å². The average Bonchev–Trinajstić information content (AvgIpc) is 2.62. The number of benzene rings is 3. The molecule has 0 spiro atoms. The van der Waals surface area contributed by atoms with Crippen molar-refractivity contribution in [3.63, 3.8) is 0 Å². The molecule has 1 aliphatic carbocycles. The van der Waals surface area contributed by atoms with Crippen LogP contribution in [0.3, 0.4) is 0 Å². The Morgan fingerprint density at radius 3 is 2.33 bits per heavy atom. The van der Waals surface area contributed by atoms with Gasteiger partial charge in [-0.25, -0.2) is 0 Å². The third kappa shape index (κ3) is 2.01. The van der Waals surface area contributed by atoms with Crippen LogP contribution < -0.4 is 0 Å². The molecule has 0 aliphatic heterocycles. The summed E-state index contributed by atoms with van der Waals surface area (Å²) < 4.78 is 0. The van der Waals surface area contributed by atoms with Crippen LogP contribution in [0.25, 0.3) is 27.6 Å². The summed E-state index contributed by atoms with van der Waals surface area (Å²) in [5.74, 6) is 0. The molecule has 0 saturated carbocycles. The summed E-state index contributed by atoms with van der Waals surface area (Å²) in [6, 6.07) is 11.7. The van der Waals surface area contributed by atoms with Gasteiger partial charge in [0.25, 0.3) is 0 Å². The largest absolute Gasteiger partial charge is 0.392 e. The molecule has 122 valence electrons. The molecule has 0 heterocycles. The third-order valence-electron chi connectivity index (χ3n) is 4.89. The van der Waals surface area contributed by atoms with Crippen molar-refractivity contribution in [2.75, 3.05) is 0 Å². The van der Waals surface area contributed by atoms with Crippen LogP contribution in [0, 0.1) is 0 Å². The number of aliphatic hydroxyl groups is 4. The Balaban J connectivity index is 2.26. The van der Waals surface area contributed by atoms with Gasteiger partial charge < -0.3 is 20.4 Å². The number of hydrogen-bond donors (Lipinski definition) is 4. The Morgan fingerprint density at radius 1 is 0.833 bits per heavy atom. The average molecular weight is 322 g/mol. The van der Waals surface area contributed by atoms with E-state index in [0.29, 0.717) is 22.3 Å². The number of hydrogen-bond acceptors (Lipinski definition) is 4. The summed E-state index contributed by atoms with van der Waals surface area (Å²) in [7, 11) is 0. The first kappa shape index (κ1) is 15.3. The molecule has 4 rings (SSSR count). The van der Waals surface area contributed by atoms with Crippen LogP contribution in [-0.4, -0.2) is 26.5 Å². The molecule has 0 saturated heterocycles. The van der Waals surface area contributed by atoms with Crippen molar-refractivity contribution in [1.29, 1.82) is 0 Å². The number of rotatable bonds is 2. The van der Waals surface area contributed by atoms with E-state index in [1.807, 2.05) is 36.4 Å². The van der Waals surface area contributed by atoms with E-state index in [2.05, 4.69) is 0 Å². The van der Waals surface area contributed by atoms with Crippen LogP contribution in [0.5, 0.6) is 0 Å². The Hall–Kier alpha value is -2.24. The first-order valence-electron chi connectivity index (χ1n) is 7.92. The van der Waals surface area contributed by atoms with Gasteiger partial charge in [-0.1, -0.05) is 48.6 Å². The van der Waals surface area contributed by atoms with E-state index in [0.717, 1.165) is 21.5 Å². The highest BCUT2D eigenvalue weighted by Crippen LogP contribution is 2.41. The molecule has 4 heteroatoms. The molecule has 4 nitrogen and oxygen atoms in total. The van der Waals surface area contributed by atoms with Gasteiger partial charge in [0.2, 0.25) is 0 Å². The minimum absolute atomic E-state index is 0.184. The van der Waals surface area contributed by atoms with Crippen LogP contribution in [-0.2, 0) is 13.2 Å². The predicted octanol–water partition coefficient (Wildman–Crippen LogP) is 2.40. The molecule has 24 heavy (non-hydrogen) atoms. The van der Waals surface area contributed by atoms with Crippen LogP contribution in [0.4, 0.5) is 0 Å². The summed E-state index contributed by atoms with van der Waals surface area (Å²) in [5.41, 5.74) is 2.48. The zero-order valence-electron chi connectivity index (χ0n) is 13.0. The Labute approximate surface area is 138 Å². The smallest absolute Gasteiger partial charge is 0.109 e. The third-order valence-corrected chi connectivity index (χ3v) is 4.89. The van der Waals surface area contributed by atoms with E-state index in [4.69, 9.17) is 0 Å². The maximum absolute atomic E-state index is 10.5. The molecule has 0 aromatic heterocycles. The zero-order chi connectivity index (χ0) is 16.8. The molecule has 0 bridgehead atoms. The lowest BCUT2D eigenvalue weighted by Crippen LogP contribution is -2.22. The second-order valence-corrected chi connectivity index (χ2v) is 6.10. The SMILES string of the molecule is OCc1c2c(c(CO)c3c1ccc1ccccc13)C(O)C(O)C=C2. The fourth-order valence-corrected chi connectivity index (χ4v) is 3.79. The molecule has 3 aromatic rings. The molecule has 2 unspecified atom stereocenters. The Kier molecular flexibility index (Phi) is 3.62. The summed E-state index contributed by atoms with van der Waals surface area (Å²) in [6.45, 7) is -0.438. The van der Waals surface area contributed by atoms with Gasteiger partial charge in [0.1, 0.15) is 12.2 Å². The van der Waals surface area contributed by atoms with Gasteiger partial charge in [-0.05, 0) is 43.8 Å². The fraction of sp³-hybridized carbons (Fsp3) is 0.200. The molecular formula is C20H18O4. The summed E-state index contributed by atoms with van der Waals surface area (Å²) in [5, 5.41) is 44.1. The van der Waals surface area contributed by atoms with Gasteiger partial charge >= 0.3 is 0 Å². The van der Waals surface area contributed by atoms with Crippen LogP contribution in [0.15, 0.2) is 42.5 Å². The molecule has 0 radical (unpaired) electrons. The van der Waals surface area contributed by atoms with Crippen LogP contribution in [0.1, 0.15) is 28.4 Å². The minimum Gasteiger partial charge on any atom is -0.392 e. The lowest BCUT2D eigenvalue weighted by Gasteiger charge is -2.28. The van der Waals surface area contributed by atoms with Gasteiger partial charge in [-0.3, -0.25) is 0 Å². The van der Waals surface area contributed by atoms with Gasteiger partial charge in [-0.2, -0.15) is 0 Å². The first-order valence-corrected chi connectivity index (χ1v) is 7.92. The monoisotopic (exact) mass is 322 g/mol. The molecule has 3 aromatic carbocycles. The van der Waals surface area contributed by atoms with Crippen LogP contribution >= 0.6 is 0 Å². The predicted molar refractivity (Wildman–Crippen MR) is 93.3 cm³/mol. The lowest BCUT2D eigenvalue weighted by atomic mass is 9.81. The Morgan fingerprint density at radius 2 is 1.58 bits per heavy atom. The summed E-state index contributed by atoms with van der Waals surface area (Å²) in [4.78, 5) is 0. The van der Waals surface area contributed by atoms with Crippen molar-refractivity contribution >= 4 is 27.6 Å². The van der Waals surface area contributed by atoms with E-state index in [1.54, 1.807) is 6.08 Å². The van der Waals surface area contributed by atoms with Crippen molar-refractivity contribution in [2.45, 2.75) is 25.4 Å². The summed E-state index contributed by atoms with van der Waals surface area (Å²) in [6.07, 6.45) is 1.08. The topological polar surface area (TPSA) is 80.9 Å². The standard InChI is InChI=1S/C20H18O4/c21-9-15-13-6-5-11-3-1-2-4-12(11)18(13)16(10-22)19-14(15)7-8-17(23)20(19)24/h1-8,17,20-24H,9-10H2. The van der Waals surface area contributed by atoms with Crippen molar-refractivity contribution in [3.8, 4) is 0 Å².